The van der Waals surface area contributed by atoms with Gasteiger partial charge >= 0.3 is 6.09 Å². The van der Waals surface area contributed by atoms with Gasteiger partial charge in [0, 0.05) is 32.8 Å². The maximum absolute atomic E-state index is 11.6. The Morgan fingerprint density at radius 1 is 1.39 bits per heavy atom. The number of nitrogens with one attached hydrogen (secondary N) is 2. The van der Waals surface area contributed by atoms with Gasteiger partial charge in [0.1, 0.15) is 5.60 Å². The van der Waals surface area contributed by atoms with E-state index < -0.39 is 5.60 Å². The van der Waals surface area contributed by atoms with Crippen LogP contribution in [0.25, 0.3) is 0 Å². The van der Waals surface area contributed by atoms with Crippen LogP contribution in [-0.4, -0.2) is 57.3 Å². The maximum atomic E-state index is 11.6. The van der Waals surface area contributed by atoms with Crippen molar-refractivity contribution in [1.82, 2.24) is 10.6 Å². The first-order valence-electron chi connectivity index (χ1n) is 8.62. The fourth-order valence-electron chi connectivity index (χ4n) is 2.66. The van der Waals surface area contributed by atoms with Crippen LogP contribution in [-0.2, 0) is 14.2 Å². The zero-order valence-electron chi connectivity index (χ0n) is 15.3. The molecule has 0 aliphatic carbocycles. The number of methoxy groups -OCH3 is 1. The highest BCUT2D eigenvalue weighted by Gasteiger charge is 2.24. The van der Waals surface area contributed by atoms with Crippen LogP contribution < -0.4 is 10.6 Å². The number of hydrogen-bond donors (Lipinski definition) is 2. The van der Waals surface area contributed by atoms with Crippen LogP contribution in [0.3, 0.4) is 0 Å². The summed E-state index contributed by atoms with van der Waals surface area (Å²) >= 11 is 0. The number of rotatable bonds is 9. The molecule has 1 fully saturated rings. The first kappa shape index (κ1) is 20.2. The molecular weight excluding hydrogens is 296 g/mol. The summed E-state index contributed by atoms with van der Waals surface area (Å²) in [5, 5.41) is 6.36. The molecule has 6 nitrogen and oxygen atoms in total. The van der Waals surface area contributed by atoms with E-state index in [1.807, 2.05) is 20.8 Å². The van der Waals surface area contributed by atoms with E-state index in [1.165, 1.54) is 0 Å². The third-order valence-electron chi connectivity index (χ3n) is 3.97. The van der Waals surface area contributed by atoms with Crippen LogP contribution in [0.5, 0.6) is 0 Å². The molecule has 1 saturated heterocycles. The number of ether oxygens (including phenoxy) is 3. The summed E-state index contributed by atoms with van der Waals surface area (Å²) in [5.74, 6) is 0.578. The topological polar surface area (TPSA) is 68.8 Å². The van der Waals surface area contributed by atoms with Crippen LogP contribution in [0, 0.1) is 5.92 Å². The molecule has 1 amide bonds. The lowest BCUT2D eigenvalue weighted by Crippen LogP contribution is -2.39. The molecule has 0 bridgehead atoms. The standard InChI is InChI=1S/C17H34N2O4/c1-13-14(8-10-22-13)11-19-15(12-21-5)7-6-9-18-16(20)23-17(2,3)4/h13-15,19H,6-12H2,1-5H3,(H,18,20). The van der Waals surface area contributed by atoms with Gasteiger partial charge in [-0.1, -0.05) is 0 Å². The molecule has 2 N–H and O–H groups in total. The first-order chi connectivity index (χ1) is 10.8. The lowest BCUT2D eigenvalue weighted by Gasteiger charge is -2.22. The molecule has 0 radical (unpaired) electrons. The molecule has 1 heterocycles. The van der Waals surface area contributed by atoms with Crippen LogP contribution in [0.4, 0.5) is 4.79 Å². The fraction of sp³-hybridized carbons (Fsp3) is 0.941. The molecule has 0 aromatic carbocycles. The SMILES string of the molecule is COCC(CCCNC(=O)OC(C)(C)C)NCC1CCOC1C. The van der Waals surface area contributed by atoms with Gasteiger partial charge in [0.15, 0.2) is 0 Å². The Hall–Kier alpha value is -0.850. The van der Waals surface area contributed by atoms with Gasteiger partial charge in [-0.2, -0.15) is 0 Å². The van der Waals surface area contributed by atoms with Crippen molar-refractivity contribution in [1.29, 1.82) is 0 Å². The van der Waals surface area contributed by atoms with Gasteiger partial charge in [-0.05, 0) is 52.9 Å². The summed E-state index contributed by atoms with van der Waals surface area (Å²) in [4.78, 5) is 11.6. The Labute approximate surface area is 140 Å². The minimum atomic E-state index is -0.454. The third-order valence-corrected chi connectivity index (χ3v) is 3.97. The van der Waals surface area contributed by atoms with Crippen molar-refractivity contribution in [2.45, 2.75) is 64.7 Å². The second-order valence-electron chi connectivity index (χ2n) is 7.26. The molecule has 136 valence electrons. The van der Waals surface area contributed by atoms with Gasteiger partial charge in [-0.15, -0.1) is 0 Å². The van der Waals surface area contributed by atoms with Crippen LogP contribution in [0.2, 0.25) is 0 Å². The summed E-state index contributed by atoms with van der Waals surface area (Å²) in [6.45, 7) is 10.8. The zero-order valence-corrected chi connectivity index (χ0v) is 15.3. The molecule has 6 heteroatoms. The lowest BCUT2D eigenvalue weighted by atomic mass is 10.0. The highest BCUT2D eigenvalue weighted by Crippen LogP contribution is 2.19. The van der Waals surface area contributed by atoms with Gasteiger partial charge < -0.3 is 24.8 Å². The fourth-order valence-corrected chi connectivity index (χ4v) is 2.66. The Balaban J connectivity index is 2.18. The van der Waals surface area contributed by atoms with E-state index in [-0.39, 0.29) is 6.09 Å². The van der Waals surface area contributed by atoms with Crippen molar-refractivity contribution < 1.29 is 19.0 Å². The molecule has 0 aromatic heterocycles. The minimum absolute atomic E-state index is 0.299. The summed E-state index contributed by atoms with van der Waals surface area (Å²) in [5.41, 5.74) is -0.454. The van der Waals surface area contributed by atoms with Gasteiger partial charge in [0.2, 0.25) is 0 Å². The number of alkyl carbamates (subject to hydrolysis) is 1. The molecule has 3 atom stereocenters. The van der Waals surface area contributed by atoms with E-state index in [0.717, 1.165) is 32.4 Å². The van der Waals surface area contributed by atoms with E-state index in [1.54, 1.807) is 7.11 Å². The second-order valence-corrected chi connectivity index (χ2v) is 7.26. The Kier molecular flexibility index (Phi) is 8.87. The Morgan fingerprint density at radius 2 is 2.13 bits per heavy atom. The van der Waals surface area contributed by atoms with Crippen molar-refractivity contribution in [3.8, 4) is 0 Å². The number of hydrogen-bond acceptors (Lipinski definition) is 5. The summed E-state index contributed by atoms with van der Waals surface area (Å²) in [7, 11) is 1.72. The van der Waals surface area contributed by atoms with Crippen LogP contribution >= 0.6 is 0 Å². The monoisotopic (exact) mass is 330 g/mol. The highest BCUT2D eigenvalue weighted by molar-refractivity contribution is 5.67. The van der Waals surface area contributed by atoms with Gasteiger partial charge in [0.25, 0.3) is 0 Å². The Morgan fingerprint density at radius 3 is 2.70 bits per heavy atom. The molecule has 3 unspecified atom stereocenters. The summed E-state index contributed by atoms with van der Waals surface area (Å²) in [6, 6.07) is 0.299. The van der Waals surface area contributed by atoms with E-state index in [2.05, 4.69) is 17.6 Å². The minimum Gasteiger partial charge on any atom is -0.444 e. The molecule has 1 aliphatic heterocycles. The van der Waals surface area contributed by atoms with Crippen molar-refractivity contribution in [3.63, 3.8) is 0 Å². The third kappa shape index (κ3) is 9.13. The van der Waals surface area contributed by atoms with Gasteiger partial charge in [-0.3, -0.25) is 0 Å². The number of carbonyl (C=O) groups excluding carboxylic acids is 1. The lowest BCUT2D eigenvalue weighted by molar-refractivity contribution is 0.0525. The average molecular weight is 330 g/mol. The van der Waals surface area contributed by atoms with Crippen LogP contribution in [0.1, 0.15) is 47.0 Å². The van der Waals surface area contributed by atoms with Crippen molar-refractivity contribution in [2.24, 2.45) is 5.92 Å². The van der Waals surface area contributed by atoms with E-state index in [4.69, 9.17) is 14.2 Å². The highest BCUT2D eigenvalue weighted by atomic mass is 16.6. The van der Waals surface area contributed by atoms with E-state index in [0.29, 0.717) is 31.2 Å². The van der Waals surface area contributed by atoms with Gasteiger partial charge in [-0.25, -0.2) is 4.79 Å². The van der Waals surface area contributed by atoms with Crippen molar-refractivity contribution in [2.75, 3.05) is 33.4 Å². The van der Waals surface area contributed by atoms with E-state index >= 15 is 0 Å². The number of amides is 1. The van der Waals surface area contributed by atoms with Gasteiger partial charge in [0.05, 0.1) is 12.7 Å². The molecule has 0 aromatic rings. The van der Waals surface area contributed by atoms with E-state index in [9.17, 15) is 4.79 Å². The molecule has 0 spiro atoms. The summed E-state index contributed by atoms with van der Waals surface area (Å²) in [6.07, 6.45) is 2.93. The molecule has 23 heavy (non-hydrogen) atoms. The van der Waals surface area contributed by atoms with Crippen LogP contribution in [0.15, 0.2) is 0 Å². The predicted molar refractivity (Wildman–Crippen MR) is 90.7 cm³/mol. The molecule has 1 rings (SSSR count). The summed E-state index contributed by atoms with van der Waals surface area (Å²) < 4.78 is 16.1. The second kappa shape index (κ2) is 10.1. The zero-order chi connectivity index (χ0) is 17.3. The normalized spacial score (nSPS) is 22.8. The largest absolute Gasteiger partial charge is 0.444 e. The smallest absolute Gasteiger partial charge is 0.407 e. The average Bonchev–Trinajstić information content (AvgIpc) is 2.84. The number of carbonyl (C=O) groups is 1. The maximum Gasteiger partial charge on any atom is 0.407 e. The predicted octanol–water partition coefficient (Wildman–Crippen LogP) is 2.32. The van der Waals surface area contributed by atoms with Crippen molar-refractivity contribution >= 4 is 6.09 Å². The van der Waals surface area contributed by atoms with Crippen molar-refractivity contribution in [3.05, 3.63) is 0 Å². The quantitative estimate of drug-likeness (QED) is 0.635. The molecule has 0 saturated carbocycles. The first-order valence-corrected chi connectivity index (χ1v) is 8.62. The molecule has 1 aliphatic rings. The molecular formula is C17H34N2O4. The Bertz CT molecular complexity index is 344.